The SMILES string of the molecule is Cc1cc(CC[C@H]2CN(C(=O)Cc3ccsc3)CCO2)ncn1. The monoisotopic (exact) mass is 331 g/mol. The molecule has 1 aliphatic rings. The number of carbonyl (C=O) groups excluding carboxylic acids is 1. The topological polar surface area (TPSA) is 55.3 Å². The number of rotatable bonds is 5. The second-order valence-corrected chi connectivity index (χ2v) is 6.61. The lowest BCUT2D eigenvalue weighted by molar-refractivity contribution is -0.138. The number of amides is 1. The summed E-state index contributed by atoms with van der Waals surface area (Å²) in [5, 5.41) is 4.04. The van der Waals surface area contributed by atoms with Crippen molar-refractivity contribution in [3.8, 4) is 0 Å². The molecule has 0 N–H and O–H groups in total. The molecular weight excluding hydrogens is 310 g/mol. The lowest BCUT2D eigenvalue weighted by Gasteiger charge is -2.33. The fraction of sp³-hybridized carbons (Fsp3) is 0.471. The van der Waals surface area contributed by atoms with Gasteiger partial charge in [0.25, 0.3) is 0 Å². The van der Waals surface area contributed by atoms with Crippen molar-refractivity contribution in [3.63, 3.8) is 0 Å². The molecule has 122 valence electrons. The molecule has 0 aromatic carbocycles. The lowest BCUT2D eigenvalue weighted by Crippen LogP contribution is -2.46. The number of aromatic nitrogens is 2. The van der Waals surface area contributed by atoms with Crippen LogP contribution in [0.15, 0.2) is 29.2 Å². The number of hydrogen-bond acceptors (Lipinski definition) is 5. The molecule has 1 atom stereocenters. The van der Waals surface area contributed by atoms with Crippen LogP contribution in [-0.4, -0.2) is 46.6 Å². The summed E-state index contributed by atoms with van der Waals surface area (Å²) in [5.41, 5.74) is 3.11. The molecule has 0 unspecified atom stereocenters. The molecule has 1 saturated heterocycles. The number of ether oxygens (including phenoxy) is 1. The second kappa shape index (κ2) is 7.66. The van der Waals surface area contributed by atoms with E-state index in [1.54, 1.807) is 17.7 Å². The highest BCUT2D eigenvalue weighted by Gasteiger charge is 2.24. The van der Waals surface area contributed by atoms with Gasteiger partial charge in [-0.1, -0.05) is 0 Å². The van der Waals surface area contributed by atoms with Gasteiger partial charge in [0.15, 0.2) is 0 Å². The number of hydrogen-bond donors (Lipinski definition) is 0. The number of carbonyl (C=O) groups is 1. The van der Waals surface area contributed by atoms with Crippen LogP contribution in [0.3, 0.4) is 0 Å². The van der Waals surface area contributed by atoms with Gasteiger partial charge in [-0.05, 0) is 48.2 Å². The third kappa shape index (κ3) is 4.59. The summed E-state index contributed by atoms with van der Waals surface area (Å²) >= 11 is 1.63. The Hall–Kier alpha value is -1.79. The van der Waals surface area contributed by atoms with Crippen molar-refractivity contribution in [1.29, 1.82) is 0 Å². The van der Waals surface area contributed by atoms with Gasteiger partial charge in [-0.3, -0.25) is 4.79 Å². The molecule has 23 heavy (non-hydrogen) atoms. The van der Waals surface area contributed by atoms with Gasteiger partial charge in [-0.15, -0.1) is 0 Å². The van der Waals surface area contributed by atoms with Crippen molar-refractivity contribution < 1.29 is 9.53 Å². The Morgan fingerprint density at radius 3 is 3.17 bits per heavy atom. The number of aryl methyl sites for hydroxylation is 2. The predicted octanol–water partition coefficient (Wildman–Crippen LogP) is 2.25. The molecular formula is C17H21N3O2S. The maximum atomic E-state index is 12.4. The van der Waals surface area contributed by atoms with Crippen LogP contribution in [-0.2, 0) is 22.4 Å². The first-order valence-corrected chi connectivity index (χ1v) is 8.83. The normalized spacial score (nSPS) is 18.1. The highest BCUT2D eigenvalue weighted by Crippen LogP contribution is 2.14. The highest BCUT2D eigenvalue weighted by atomic mass is 32.1. The first-order valence-electron chi connectivity index (χ1n) is 7.88. The molecule has 3 rings (SSSR count). The molecule has 0 aliphatic carbocycles. The van der Waals surface area contributed by atoms with Gasteiger partial charge in [0.1, 0.15) is 6.33 Å². The van der Waals surface area contributed by atoms with Gasteiger partial charge in [0, 0.05) is 24.5 Å². The maximum Gasteiger partial charge on any atom is 0.227 e. The Bertz CT molecular complexity index is 645. The summed E-state index contributed by atoms with van der Waals surface area (Å²) < 4.78 is 5.81. The molecule has 2 aromatic rings. The van der Waals surface area contributed by atoms with Crippen molar-refractivity contribution in [1.82, 2.24) is 14.9 Å². The van der Waals surface area contributed by atoms with Crippen molar-refractivity contribution in [2.45, 2.75) is 32.3 Å². The van der Waals surface area contributed by atoms with Crippen LogP contribution >= 0.6 is 11.3 Å². The van der Waals surface area contributed by atoms with E-state index in [1.807, 2.05) is 34.7 Å². The van der Waals surface area contributed by atoms with Crippen molar-refractivity contribution in [2.24, 2.45) is 0 Å². The van der Waals surface area contributed by atoms with Crippen molar-refractivity contribution in [2.75, 3.05) is 19.7 Å². The molecule has 0 radical (unpaired) electrons. The Morgan fingerprint density at radius 1 is 1.48 bits per heavy atom. The van der Waals surface area contributed by atoms with Gasteiger partial charge in [-0.25, -0.2) is 9.97 Å². The molecule has 0 spiro atoms. The number of morpholine rings is 1. The Labute approximate surface area is 140 Å². The first-order chi connectivity index (χ1) is 11.2. The quantitative estimate of drug-likeness (QED) is 0.843. The van der Waals surface area contributed by atoms with E-state index in [0.717, 1.165) is 29.8 Å². The molecule has 5 nitrogen and oxygen atoms in total. The third-order valence-electron chi connectivity index (χ3n) is 4.01. The van der Waals surface area contributed by atoms with E-state index in [-0.39, 0.29) is 12.0 Å². The Morgan fingerprint density at radius 2 is 2.39 bits per heavy atom. The fourth-order valence-electron chi connectivity index (χ4n) is 2.76. The maximum absolute atomic E-state index is 12.4. The van der Waals surface area contributed by atoms with E-state index in [0.29, 0.717) is 26.1 Å². The van der Waals surface area contributed by atoms with Crippen LogP contribution < -0.4 is 0 Å². The minimum absolute atomic E-state index is 0.0884. The van der Waals surface area contributed by atoms with Crippen molar-refractivity contribution >= 4 is 17.2 Å². The van der Waals surface area contributed by atoms with E-state index in [2.05, 4.69) is 9.97 Å². The van der Waals surface area contributed by atoms with Gasteiger partial charge < -0.3 is 9.64 Å². The molecule has 1 amide bonds. The van der Waals surface area contributed by atoms with E-state index in [9.17, 15) is 4.79 Å². The van der Waals surface area contributed by atoms with E-state index >= 15 is 0 Å². The zero-order valence-electron chi connectivity index (χ0n) is 13.3. The third-order valence-corrected chi connectivity index (χ3v) is 4.74. The molecule has 0 saturated carbocycles. The highest BCUT2D eigenvalue weighted by molar-refractivity contribution is 7.07. The summed E-state index contributed by atoms with van der Waals surface area (Å²) in [5.74, 6) is 0.189. The average Bonchev–Trinajstić information content (AvgIpc) is 3.06. The van der Waals surface area contributed by atoms with Gasteiger partial charge >= 0.3 is 0 Å². The van der Waals surface area contributed by atoms with Gasteiger partial charge in [-0.2, -0.15) is 11.3 Å². The zero-order valence-corrected chi connectivity index (χ0v) is 14.1. The summed E-state index contributed by atoms with van der Waals surface area (Å²) in [4.78, 5) is 22.7. The standard InChI is InChI=1S/C17H21N3O2S/c1-13-8-15(19-12-18-13)2-3-16-10-20(5-6-22-16)17(21)9-14-4-7-23-11-14/h4,7-8,11-12,16H,2-3,5-6,9-10H2,1H3/t16-/m0/s1. The minimum Gasteiger partial charge on any atom is -0.375 e. The minimum atomic E-state index is 0.0884. The molecule has 1 fully saturated rings. The van der Waals surface area contributed by atoms with Crippen LogP contribution in [0.25, 0.3) is 0 Å². The van der Waals surface area contributed by atoms with Crippen LogP contribution in [0.5, 0.6) is 0 Å². The first kappa shape index (κ1) is 16.1. The number of nitrogens with zero attached hydrogens (tertiary/aromatic N) is 3. The Balaban J connectivity index is 1.50. The molecule has 2 aromatic heterocycles. The van der Waals surface area contributed by atoms with Crippen molar-refractivity contribution in [3.05, 3.63) is 46.2 Å². The van der Waals surface area contributed by atoms with Gasteiger partial charge in [0.05, 0.1) is 19.1 Å². The zero-order chi connectivity index (χ0) is 16.1. The fourth-order valence-corrected chi connectivity index (χ4v) is 3.42. The lowest BCUT2D eigenvalue weighted by atomic mass is 10.1. The second-order valence-electron chi connectivity index (χ2n) is 5.83. The van der Waals surface area contributed by atoms with Crippen LogP contribution in [0, 0.1) is 6.92 Å². The number of thiophene rings is 1. The van der Waals surface area contributed by atoms with Crippen LogP contribution in [0.1, 0.15) is 23.4 Å². The van der Waals surface area contributed by atoms with E-state index in [1.165, 1.54) is 0 Å². The van der Waals surface area contributed by atoms with Crippen LogP contribution in [0.4, 0.5) is 0 Å². The molecule has 0 bridgehead atoms. The largest absolute Gasteiger partial charge is 0.375 e. The molecule has 6 heteroatoms. The summed E-state index contributed by atoms with van der Waals surface area (Å²) in [7, 11) is 0. The molecule has 1 aliphatic heterocycles. The smallest absolute Gasteiger partial charge is 0.227 e. The van der Waals surface area contributed by atoms with Gasteiger partial charge in [0.2, 0.25) is 5.91 Å². The summed E-state index contributed by atoms with van der Waals surface area (Å²) in [6.07, 6.45) is 3.90. The van der Waals surface area contributed by atoms with E-state index < -0.39 is 0 Å². The van der Waals surface area contributed by atoms with Crippen LogP contribution in [0.2, 0.25) is 0 Å². The molecule has 3 heterocycles. The van der Waals surface area contributed by atoms with E-state index in [4.69, 9.17) is 4.74 Å². The average molecular weight is 331 g/mol. The Kier molecular flexibility index (Phi) is 5.35. The summed E-state index contributed by atoms with van der Waals surface area (Å²) in [6, 6.07) is 4.01. The predicted molar refractivity (Wildman–Crippen MR) is 89.4 cm³/mol. The summed E-state index contributed by atoms with van der Waals surface area (Å²) in [6.45, 7) is 3.94.